The van der Waals surface area contributed by atoms with Crippen molar-refractivity contribution in [1.29, 1.82) is 0 Å². The lowest BCUT2D eigenvalue weighted by Crippen LogP contribution is -2.22. The quantitative estimate of drug-likeness (QED) is 0.610. The highest BCUT2D eigenvalue weighted by atomic mass is 32.1. The van der Waals surface area contributed by atoms with Gasteiger partial charge in [0.25, 0.3) is 0 Å². The Balaban J connectivity index is 1.64. The Kier molecular flexibility index (Phi) is 5.62. The van der Waals surface area contributed by atoms with Crippen LogP contribution in [0.4, 0.5) is 10.8 Å². The lowest BCUT2D eigenvalue weighted by molar-refractivity contribution is 0.246. The van der Waals surface area contributed by atoms with Gasteiger partial charge in [0.1, 0.15) is 5.75 Å². The van der Waals surface area contributed by atoms with Gasteiger partial charge in [-0.15, -0.1) is 5.10 Å². The molecule has 0 saturated heterocycles. The summed E-state index contributed by atoms with van der Waals surface area (Å²) in [5.41, 5.74) is 2.26. The van der Waals surface area contributed by atoms with Gasteiger partial charge in [0.2, 0.25) is 5.13 Å². The van der Waals surface area contributed by atoms with E-state index in [-0.39, 0.29) is 0 Å². The van der Waals surface area contributed by atoms with E-state index in [0.717, 1.165) is 27.1 Å². The van der Waals surface area contributed by atoms with Crippen molar-refractivity contribution in [3.05, 3.63) is 50.6 Å². The second-order valence-corrected chi connectivity index (χ2v) is 7.72. The predicted molar refractivity (Wildman–Crippen MR) is 103 cm³/mol. The number of aromatic nitrogens is 2. The minimum atomic E-state index is 0.662. The summed E-state index contributed by atoms with van der Waals surface area (Å²) in [4.78, 5) is 2.19. The molecule has 0 aliphatic heterocycles. The van der Waals surface area contributed by atoms with E-state index in [4.69, 9.17) is 17.0 Å². The highest BCUT2D eigenvalue weighted by Gasteiger charge is 2.07. The molecule has 126 valence electrons. The number of hydrogen-bond acceptors (Lipinski definition) is 7. The van der Waals surface area contributed by atoms with Crippen LogP contribution in [0.25, 0.3) is 0 Å². The van der Waals surface area contributed by atoms with E-state index >= 15 is 0 Å². The number of anilines is 2. The first-order valence-electron chi connectivity index (χ1n) is 7.32. The standard InChI is InChI=1S/C16H18N4OS3/c1-19(9-12-7-8-23-10-12)11-20-16(22)24-15(18-20)17-13-3-5-14(21-2)6-4-13/h3-8,10H,9,11H2,1-2H3,(H,17,18). The fourth-order valence-corrected chi connectivity index (χ4v) is 3.89. The highest BCUT2D eigenvalue weighted by Crippen LogP contribution is 2.22. The second kappa shape index (κ2) is 7.89. The Bertz CT molecular complexity index is 824. The number of rotatable bonds is 7. The Morgan fingerprint density at radius 2 is 2.08 bits per heavy atom. The smallest absolute Gasteiger partial charge is 0.209 e. The fraction of sp³-hybridized carbons (Fsp3) is 0.250. The van der Waals surface area contributed by atoms with Gasteiger partial charge in [0.05, 0.1) is 13.8 Å². The summed E-state index contributed by atoms with van der Waals surface area (Å²) in [5, 5.41) is 12.9. The number of nitrogens with one attached hydrogen (secondary N) is 1. The summed E-state index contributed by atoms with van der Waals surface area (Å²) < 4.78 is 7.76. The summed E-state index contributed by atoms with van der Waals surface area (Å²) in [7, 11) is 3.72. The van der Waals surface area contributed by atoms with Crippen LogP contribution in [0.2, 0.25) is 0 Å². The third kappa shape index (κ3) is 4.41. The molecule has 2 heterocycles. The maximum absolute atomic E-state index is 5.43. The van der Waals surface area contributed by atoms with Crippen LogP contribution in [-0.2, 0) is 13.2 Å². The summed E-state index contributed by atoms with van der Waals surface area (Å²) in [5.74, 6) is 0.828. The molecule has 24 heavy (non-hydrogen) atoms. The van der Waals surface area contributed by atoms with Crippen LogP contribution in [0.5, 0.6) is 5.75 Å². The van der Waals surface area contributed by atoms with Gasteiger partial charge in [-0.05, 0) is 65.9 Å². The Labute approximate surface area is 154 Å². The van der Waals surface area contributed by atoms with Crippen LogP contribution in [-0.4, -0.2) is 28.8 Å². The van der Waals surface area contributed by atoms with Gasteiger partial charge in [0, 0.05) is 12.2 Å². The van der Waals surface area contributed by atoms with E-state index in [2.05, 4.69) is 39.2 Å². The van der Waals surface area contributed by atoms with Gasteiger partial charge in [-0.3, -0.25) is 4.90 Å². The van der Waals surface area contributed by atoms with Crippen LogP contribution >= 0.6 is 34.9 Å². The molecule has 0 spiro atoms. The maximum Gasteiger partial charge on any atom is 0.209 e. The van der Waals surface area contributed by atoms with Crippen molar-refractivity contribution in [2.45, 2.75) is 13.2 Å². The Morgan fingerprint density at radius 1 is 1.29 bits per heavy atom. The van der Waals surface area contributed by atoms with E-state index in [1.165, 1.54) is 16.9 Å². The zero-order valence-electron chi connectivity index (χ0n) is 13.4. The molecule has 1 N–H and O–H groups in total. The van der Waals surface area contributed by atoms with E-state index in [1.807, 2.05) is 28.9 Å². The molecule has 0 aliphatic rings. The number of ether oxygens (including phenoxy) is 1. The molecule has 0 bridgehead atoms. The molecule has 0 fully saturated rings. The van der Waals surface area contributed by atoms with Crippen LogP contribution in [0.3, 0.4) is 0 Å². The average Bonchev–Trinajstić information content (AvgIpc) is 3.18. The summed E-state index contributed by atoms with van der Waals surface area (Å²) >= 11 is 8.61. The molecular weight excluding hydrogens is 360 g/mol. The summed E-state index contributed by atoms with van der Waals surface area (Å²) in [6, 6.07) is 9.87. The first kappa shape index (κ1) is 17.1. The van der Waals surface area contributed by atoms with Gasteiger partial charge in [0.15, 0.2) is 3.95 Å². The lowest BCUT2D eigenvalue weighted by Gasteiger charge is -2.15. The number of hydrogen-bond donors (Lipinski definition) is 1. The minimum Gasteiger partial charge on any atom is -0.497 e. The molecule has 3 aromatic rings. The molecule has 0 amide bonds. The largest absolute Gasteiger partial charge is 0.497 e. The van der Waals surface area contributed by atoms with Gasteiger partial charge in [-0.25, -0.2) is 4.68 Å². The molecule has 0 aliphatic carbocycles. The highest BCUT2D eigenvalue weighted by molar-refractivity contribution is 7.73. The van der Waals surface area contributed by atoms with Crippen molar-refractivity contribution in [3.8, 4) is 5.75 Å². The van der Waals surface area contributed by atoms with Crippen molar-refractivity contribution < 1.29 is 4.74 Å². The van der Waals surface area contributed by atoms with Crippen LogP contribution in [0.1, 0.15) is 5.56 Å². The Morgan fingerprint density at radius 3 is 2.75 bits per heavy atom. The molecule has 0 radical (unpaired) electrons. The predicted octanol–water partition coefficient (Wildman–Crippen LogP) is 4.58. The van der Waals surface area contributed by atoms with Crippen LogP contribution in [0, 0.1) is 3.95 Å². The Hall–Kier alpha value is -1.74. The van der Waals surface area contributed by atoms with E-state index in [0.29, 0.717) is 6.67 Å². The molecule has 8 heteroatoms. The number of nitrogens with zero attached hydrogens (tertiary/aromatic N) is 3. The van der Waals surface area contributed by atoms with Gasteiger partial charge < -0.3 is 10.1 Å². The number of thiophene rings is 1. The van der Waals surface area contributed by atoms with E-state index < -0.39 is 0 Å². The van der Waals surface area contributed by atoms with Crippen LogP contribution in [0.15, 0.2) is 41.1 Å². The van der Waals surface area contributed by atoms with Crippen molar-refractivity contribution in [3.63, 3.8) is 0 Å². The first-order valence-corrected chi connectivity index (χ1v) is 9.49. The number of methoxy groups -OCH3 is 1. The van der Waals surface area contributed by atoms with Crippen molar-refractivity contribution in [2.24, 2.45) is 0 Å². The van der Waals surface area contributed by atoms with Crippen LogP contribution < -0.4 is 10.1 Å². The molecular formula is C16H18N4OS3. The lowest BCUT2D eigenvalue weighted by atomic mass is 10.3. The third-order valence-corrected chi connectivity index (χ3v) is 5.31. The SMILES string of the molecule is COc1ccc(Nc2nn(CN(C)Cc3ccsc3)c(=S)s2)cc1. The van der Waals surface area contributed by atoms with Crippen molar-refractivity contribution in [1.82, 2.24) is 14.7 Å². The van der Waals surface area contributed by atoms with E-state index in [9.17, 15) is 0 Å². The molecule has 1 aromatic carbocycles. The molecule has 0 atom stereocenters. The minimum absolute atomic E-state index is 0.662. The second-order valence-electron chi connectivity index (χ2n) is 5.31. The zero-order chi connectivity index (χ0) is 16.9. The maximum atomic E-state index is 5.43. The third-order valence-electron chi connectivity index (χ3n) is 3.36. The van der Waals surface area contributed by atoms with Crippen molar-refractivity contribution >= 4 is 45.7 Å². The molecule has 0 unspecified atom stereocenters. The van der Waals surface area contributed by atoms with Gasteiger partial charge >= 0.3 is 0 Å². The summed E-state index contributed by atoms with van der Waals surface area (Å²) in [6.07, 6.45) is 0. The molecule has 2 aromatic heterocycles. The van der Waals surface area contributed by atoms with Crippen molar-refractivity contribution in [2.75, 3.05) is 19.5 Å². The average molecular weight is 379 g/mol. The summed E-state index contributed by atoms with van der Waals surface area (Å²) in [6.45, 7) is 1.54. The fourth-order valence-electron chi connectivity index (χ4n) is 2.22. The zero-order valence-corrected chi connectivity index (χ0v) is 15.9. The van der Waals surface area contributed by atoms with E-state index in [1.54, 1.807) is 18.4 Å². The molecule has 3 rings (SSSR count). The van der Waals surface area contributed by atoms with Gasteiger partial charge in [-0.2, -0.15) is 11.3 Å². The van der Waals surface area contributed by atoms with Gasteiger partial charge in [-0.1, -0.05) is 11.3 Å². The normalized spacial score (nSPS) is 11.0. The monoisotopic (exact) mass is 378 g/mol. The number of benzene rings is 1. The molecule has 0 saturated carbocycles. The first-order chi connectivity index (χ1) is 11.6. The molecule has 5 nitrogen and oxygen atoms in total. The topological polar surface area (TPSA) is 42.3 Å².